The normalized spacial score (nSPS) is 20.6. The summed E-state index contributed by atoms with van der Waals surface area (Å²) in [5.74, 6) is -2.56. The molecule has 2 aliphatic rings. The first-order valence-electron chi connectivity index (χ1n) is 15.9. The van der Waals surface area contributed by atoms with E-state index >= 15 is 0 Å². The van der Waals surface area contributed by atoms with Gasteiger partial charge in [0.1, 0.15) is 5.82 Å². The highest BCUT2D eigenvalue weighted by atomic mass is 19.4. The van der Waals surface area contributed by atoms with Gasteiger partial charge in [-0.1, -0.05) is 6.92 Å². The van der Waals surface area contributed by atoms with Crippen molar-refractivity contribution in [3.8, 4) is 0 Å². The molecular weight excluding hydrogens is 656 g/mol. The van der Waals surface area contributed by atoms with E-state index in [0.717, 1.165) is 0 Å². The van der Waals surface area contributed by atoms with Crippen molar-refractivity contribution in [1.82, 2.24) is 19.9 Å². The molecular formula is C33H37F6N7O3. The number of carbonyl (C=O) groups excluding carboxylic acids is 2. The third kappa shape index (κ3) is 7.28. The average molecular weight is 694 g/mol. The Morgan fingerprint density at radius 3 is 2.06 bits per heavy atom. The number of aryl methyl sites for hydroxylation is 1. The van der Waals surface area contributed by atoms with Crippen LogP contribution < -0.4 is 15.5 Å². The number of carbonyl (C=O) groups is 2. The van der Waals surface area contributed by atoms with Gasteiger partial charge in [0.05, 0.1) is 59.2 Å². The summed E-state index contributed by atoms with van der Waals surface area (Å²) in [6.45, 7) is 8.45. The number of piperazine rings is 1. The molecule has 4 atom stereocenters. The van der Waals surface area contributed by atoms with E-state index in [1.54, 1.807) is 37.8 Å². The van der Waals surface area contributed by atoms with Gasteiger partial charge in [0.25, 0.3) is 0 Å². The van der Waals surface area contributed by atoms with E-state index in [9.17, 15) is 35.9 Å². The Morgan fingerprint density at radius 1 is 0.959 bits per heavy atom. The molecule has 2 amide bonds. The summed E-state index contributed by atoms with van der Waals surface area (Å²) >= 11 is 0. The Kier molecular flexibility index (Phi) is 10.1. The highest BCUT2D eigenvalue weighted by Crippen LogP contribution is 2.49. The van der Waals surface area contributed by atoms with Gasteiger partial charge in [0.15, 0.2) is 0 Å². The van der Waals surface area contributed by atoms with Crippen LogP contribution in [0.25, 0.3) is 0 Å². The molecule has 0 bridgehead atoms. The number of nitrogens with zero attached hydrogens (tertiary/aromatic N) is 6. The number of pyridine rings is 1. The van der Waals surface area contributed by atoms with Gasteiger partial charge in [-0.25, -0.2) is 14.8 Å². The van der Waals surface area contributed by atoms with Gasteiger partial charge >= 0.3 is 18.4 Å². The molecule has 0 saturated carbocycles. The number of nitrogens with two attached hydrogens (primary N) is 1. The molecule has 2 aromatic heterocycles. The molecule has 3 aromatic rings. The lowest BCUT2D eigenvalue weighted by molar-refractivity contribution is -0.143. The highest BCUT2D eigenvalue weighted by molar-refractivity contribution is 5.90. The van der Waals surface area contributed by atoms with Crippen molar-refractivity contribution in [1.29, 1.82) is 0 Å². The maximum absolute atomic E-state index is 14.2. The molecule has 2 aliphatic heterocycles. The lowest BCUT2D eigenvalue weighted by atomic mass is 9.72. The van der Waals surface area contributed by atoms with E-state index in [1.165, 1.54) is 24.2 Å². The number of hydrogen-bond acceptors (Lipinski definition) is 8. The monoisotopic (exact) mass is 693 g/mol. The van der Waals surface area contributed by atoms with Gasteiger partial charge in [-0.15, -0.1) is 0 Å². The molecule has 0 aliphatic carbocycles. The van der Waals surface area contributed by atoms with E-state index in [1.807, 2.05) is 4.90 Å². The summed E-state index contributed by atoms with van der Waals surface area (Å²) in [5.41, 5.74) is 5.05. The molecule has 2 N–H and O–H groups in total. The summed E-state index contributed by atoms with van der Waals surface area (Å²) < 4.78 is 90.2. The van der Waals surface area contributed by atoms with Gasteiger partial charge in [-0.05, 0) is 56.2 Å². The molecule has 10 nitrogen and oxygen atoms in total. The van der Waals surface area contributed by atoms with Crippen molar-refractivity contribution in [3.63, 3.8) is 0 Å². The van der Waals surface area contributed by atoms with Crippen LogP contribution in [0.1, 0.15) is 72.9 Å². The number of rotatable bonds is 6. The number of aromatic nitrogens is 3. The fourth-order valence-electron chi connectivity index (χ4n) is 6.66. The van der Waals surface area contributed by atoms with Crippen molar-refractivity contribution in [2.24, 2.45) is 5.73 Å². The number of anilines is 2. The molecule has 16 heteroatoms. The summed E-state index contributed by atoms with van der Waals surface area (Å²) in [6, 6.07) is 2.84. The van der Waals surface area contributed by atoms with Crippen LogP contribution >= 0.6 is 0 Å². The fourth-order valence-corrected chi connectivity index (χ4v) is 6.66. The first kappa shape index (κ1) is 35.8. The second kappa shape index (κ2) is 13.8. The Balaban J connectivity index is 1.71. The van der Waals surface area contributed by atoms with Crippen LogP contribution in [0, 0.1) is 6.92 Å². The third-order valence-corrected chi connectivity index (χ3v) is 9.05. The SMILES string of the molecule is CCOC(=O)N1c2ccc(C)nc2C(C(c2cc(C(F)(F)F)cc(C(F)(F)F)c2)c2ncc(N3CCN(C(C)=O)CC3)cn2)C(N)C1CC. The number of benzene rings is 1. The number of alkyl halides is 6. The Labute approximate surface area is 279 Å². The quantitative estimate of drug-likeness (QED) is 0.318. The van der Waals surface area contributed by atoms with Crippen molar-refractivity contribution in [2.45, 2.75) is 70.4 Å². The minimum atomic E-state index is -5.11. The molecule has 1 fully saturated rings. The van der Waals surface area contributed by atoms with E-state index in [-0.39, 0.29) is 47.8 Å². The van der Waals surface area contributed by atoms with E-state index in [2.05, 4.69) is 15.0 Å². The maximum atomic E-state index is 14.2. The summed E-state index contributed by atoms with van der Waals surface area (Å²) in [6.07, 6.45) is -7.74. The number of fused-ring (bicyclic) bond motifs is 1. The topological polar surface area (TPSA) is 118 Å². The summed E-state index contributed by atoms with van der Waals surface area (Å²) in [5, 5.41) is 0. The molecule has 0 radical (unpaired) electrons. The minimum absolute atomic E-state index is 0.0517. The zero-order valence-electron chi connectivity index (χ0n) is 27.3. The van der Waals surface area contributed by atoms with Crippen LogP contribution in [0.3, 0.4) is 0 Å². The largest absolute Gasteiger partial charge is 0.449 e. The van der Waals surface area contributed by atoms with Gasteiger partial charge in [-0.3, -0.25) is 14.7 Å². The Bertz CT molecular complexity index is 1640. The predicted octanol–water partition coefficient (Wildman–Crippen LogP) is 5.88. The number of ether oxygens (including phenoxy) is 1. The van der Waals surface area contributed by atoms with Gasteiger partial charge in [0.2, 0.25) is 5.91 Å². The predicted molar refractivity (Wildman–Crippen MR) is 168 cm³/mol. The lowest BCUT2D eigenvalue weighted by Gasteiger charge is -2.45. The number of amides is 2. The smallest absolute Gasteiger partial charge is 0.416 e. The second-order valence-corrected chi connectivity index (χ2v) is 12.1. The molecule has 5 rings (SSSR count). The number of halogens is 6. The highest BCUT2D eigenvalue weighted by Gasteiger charge is 2.48. The standard InChI is InChI=1S/C33H37F6N7O3/c1-5-24-28(40)27(29-25(8-7-18(3)43-29)46(24)31(48)49-6-2)26(20-13-21(32(34,35)36)15-22(14-20)33(37,38)39)30-41-16-23(17-42-30)45-11-9-44(10-12-45)19(4)47/h7-8,13-17,24,26-28H,5-6,9-12,40H2,1-4H3. The molecule has 49 heavy (non-hydrogen) atoms. The van der Waals surface area contributed by atoms with Crippen molar-refractivity contribution in [2.75, 3.05) is 42.6 Å². The fraction of sp³-hybridized carbons (Fsp3) is 0.485. The maximum Gasteiger partial charge on any atom is 0.416 e. The van der Waals surface area contributed by atoms with Gasteiger partial charge < -0.3 is 20.3 Å². The zero-order valence-corrected chi connectivity index (χ0v) is 27.3. The second-order valence-electron chi connectivity index (χ2n) is 12.1. The summed E-state index contributed by atoms with van der Waals surface area (Å²) in [4.78, 5) is 43.7. The first-order chi connectivity index (χ1) is 23.0. The van der Waals surface area contributed by atoms with Gasteiger partial charge in [-0.2, -0.15) is 26.3 Å². The zero-order chi connectivity index (χ0) is 35.8. The first-order valence-corrected chi connectivity index (χ1v) is 15.9. The Hall–Kier alpha value is -4.47. The molecule has 264 valence electrons. The van der Waals surface area contributed by atoms with Crippen LogP contribution in [0.15, 0.2) is 42.7 Å². The van der Waals surface area contributed by atoms with E-state index < -0.39 is 53.5 Å². The van der Waals surface area contributed by atoms with Crippen LogP contribution in [-0.2, 0) is 21.9 Å². The molecule has 0 spiro atoms. The van der Waals surface area contributed by atoms with Crippen molar-refractivity contribution >= 4 is 23.4 Å². The van der Waals surface area contributed by atoms with Crippen LogP contribution in [0.2, 0.25) is 0 Å². The third-order valence-electron chi connectivity index (χ3n) is 9.05. The van der Waals surface area contributed by atoms with Crippen LogP contribution in [0.4, 0.5) is 42.5 Å². The molecule has 1 saturated heterocycles. The van der Waals surface area contributed by atoms with Crippen LogP contribution in [0.5, 0.6) is 0 Å². The van der Waals surface area contributed by atoms with E-state index in [4.69, 9.17) is 10.5 Å². The summed E-state index contributed by atoms with van der Waals surface area (Å²) in [7, 11) is 0. The lowest BCUT2D eigenvalue weighted by Crippen LogP contribution is -2.58. The van der Waals surface area contributed by atoms with Crippen molar-refractivity contribution < 1.29 is 40.7 Å². The average Bonchev–Trinajstić information content (AvgIpc) is 3.05. The molecule has 1 aromatic carbocycles. The van der Waals surface area contributed by atoms with Gasteiger partial charge in [0, 0.05) is 50.8 Å². The Morgan fingerprint density at radius 2 is 1.55 bits per heavy atom. The molecule has 4 unspecified atom stereocenters. The van der Waals surface area contributed by atoms with Crippen LogP contribution in [-0.4, -0.2) is 76.7 Å². The van der Waals surface area contributed by atoms with E-state index in [0.29, 0.717) is 49.7 Å². The molecule has 4 heterocycles. The number of hydrogen-bond donors (Lipinski definition) is 1. The van der Waals surface area contributed by atoms with Crippen molar-refractivity contribution in [3.05, 3.63) is 76.6 Å². The minimum Gasteiger partial charge on any atom is -0.449 e.